The first-order valence-electron chi connectivity index (χ1n) is 9.34. The molecule has 3 rings (SSSR count). The summed E-state index contributed by atoms with van der Waals surface area (Å²) < 4.78 is 0. The van der Waals surface area contributed by atoms with Gasteiger partial charge in [0, 0.05) is 56.2 Å². The summed E-state index contributed by atoms with van der Waals surface area (Å²) >= 11 is 0. The number of pyridine rings is 1. The Bertz CT molecular complexity index is 597. The van der Waals surface area contributed by atoms with Crippen LogP contribution in [0.4, 0.5) is 4.79 Å². The molecule has 6 heteroatoms. The van der Waals surface area contributed by atoms with E-state index in [2.05, 4.69) is 18.8 Å². The van der Waals surface area contributed by atoms with Crippen LogP contribution in [0.25, 0.3) is 0 Å². The quantitative estimate of drug-likeness (QED) is 0.787. The van der Waals surface area contributed by atoms with Gasteiger partial charge in [0.25, 0.3) is 5.91 Å². The van der Waals surface area contributed by atoms with Gasteiger partial charge < -0.3 is 14.7 Å². The van der Waals surface area contributed by atoms with Crippen molar-refractivity contribution in [3.05, 3.63) is 30.1 Å². The fourth-order valence-corrected chi connectivity index (χ4v) is 3.95. The first-order chi connectivity index (χ1) is 12.1. The van der Waals surface area contributed by atoms with Gasteiger partial charge in [0.05, 0.1) is 0 Å². The summed E-state index contributed by atoms with van der Waals surface area (Å²) in [4.78, 5) is 35.4. The number of urea groups is 1. The summed E-state index contributed by atoms with van der Waals surface area (Å²) in [5.74, 6) is 0.0245. The molecule has 2 saturated heterocycles. The van der Waals surface area contributed by atoms with Crippen molar-refractivity contribution in [2.75, 3.05) is 26.2 Å². The third kappa shape index (κ3) is 3.94. The maximum Gasteiger partial charge on any atom is 0.320 e. The summed E-state index contributed by atoms with van der Waals surface area (Å²) in [6, 6.07) is 4.22. The molecule has 0 saturated carbocycles. The van der Waals surface area contributed by atoms with Crippen molar-refractivity contribution in [1.82, 2.24) is 19.7 Å². The van der Waals surface area contributed by atoms with Crippen LogP contribution in [0.2, 0.25) is 0 Å². The van der Waals surface area contributed by atoms with Gasteiger partial charge in [-0.3, -0.25) is 9.78 Å². The molecule has 136 valence electrons. The van der Waals surface area contributed by atoms with E-state index in [9.17, 15) is 9.59 Å². The summed E-state index contributed by atoms with van der Waals surface area (Å²) in [7, 11) is 0. The Morgan fingerprint density at radius 2 is 1.52 bits per heavy atom. The second-order valence-electron chi connectivity index (χ2n) is 7.19. The SMILES string of the molecule is C[C@@H]1CCC[C@@H](C)N1C(=O)N1CCCN(C(=O)c2ccncc2)CC1. The van der Waals surface area contributed by atoms with E-state index in [0.29, 0.717) is 37.3 Å². The number of aromatic nitrogens is 1. The Kier molecular flexibility index (Phi) is 5.56. The largest absolute Gasteiger partial charge is 0.337 e. The molecule has 2 aliphatic heterocycles. The van der Waals surface area contributed by atoms with E-state index in [4.69, 9.17) is 0 Å². The molecule has 0 bridgehead atoms. The molecule has 0 radical (unpaired) electrons. The highest BCUT2D eigenvalue weighted by Crippen LogP contribution is 2.24. The normalized spacial score (nSPS) is 24.8. The lowest BCUT2D eigenvalue weighted by molar-refractivity contribution is 0.0749. The van der Waals surface area contributed by atoms with E-state index >= 15 is 0 Å². The standard InChI is InChI=1S/C19H28N4O2/c1-15-5-3-6-16(2)23(15)19(25)22-12-4-11-21(13-14-22)18(24)17-7-9-20-10-8-17/h7-10,15-16H,3-6,11-14H2,1-2H3/t15-,16-/m1/s1. The molecule has 0 aromatic carbocycles. The molecule has 0 spiro atoms. The van der Waals surface area contributed by atoms with Crippen molar-refractivity contribution in [2.24, 2.45) is 0 Å². The second-order valence-corrected chi connectivity index (χ2v) is 7.19. The lowest BCUT2D eigenvalue weighted by Gasteiger charge is -2.41. The highest BCUT2D eigenvalue weighted by atomic mass is 16.2. The number of rotatable bonds is 1. The predicted octanol–water partition coefficient (Wildman–Crippen LogP) is 2.61. The Balaban J connectivity index is 1.63. The fraction of sp³-hybridized carbons (Fsp3) is 0.632. The van der Waals surface area contributed by atoms with Crippen LogP contribution in [0.15, 0.2) is 24.5 Å². The molecule has 2 aliphatic rings. The summed E-state index contributed by atoms with van der Waals surface area (Å²) in [6.07, 6.45) is 7.45. The molecular weight excluding hydrogens is 316 g/mol. The van der Waals surface area contributed by atoms with E-state index in [0.717, 1.165) is 25.8 Å². The fourth-order valence-electron chi connectivity index (χ4n) is 3.95. The number of nitrogens with zero attached hydrogens (tertiary/aromatic N) is 4. The summed E-state index contributed by atoms with van der Waals surface area (Å²) in [5, 5.41) is 0. The number of hydrogen-bond acceptors (Lipinski definition) is 3. The van der Waals surface area contributed by atoms with Crippen LogP contribution >= 0.6 is 0 Å². The molecular formula is C19H28N4O2. The molecule has 25 heavy (non-hydrogen) atoms. The van der Waals surface area contributed by atoms with Gasteiger partial charge >= 0.3 is 6.03 Å². The van der Waals surface area contributed by atoms with Crippen LogP contribution in [-0.4, -0.2) is 69.9 Å². The average molecular weight is 344 g/mol. The lowest BCUT2D eigenvalue weighted by atomic mass is 9.98. The topological polar surface area (TPSA) is 56.8 Å². The van der Waals surface area contributed by atoms with Gasteiger partial charge in [0.2, 0.25) is 0 Å². The maximum atomic E-state index is 13.0. The highest BCUT2D eigenvalue weighted by molar-refractivity contribution is 5.94. The summed E-state index contributed by atoms with van der Waals surface area (Å²) in [6.45, 7) is 6.88. The third-order valence-corrected chi connectivity index (χ3v) is 5.40. The molecule has 1 aromatic rings. The molecule has 0 aliphatic carbocycles. The van der Waals surface area contributed by atoms with E-state index in [1.54, 1.807) is 24.5 Å². The number of piperidine rings is 1. The molecule has 3 heterocycles. The molecule has 6 nitrogen and oxygen atoms in total. The van der Waals surface area contributed by atoms with Crippen molar-refractivity contribution < 1.29 is 9.59 Å². The zero-order valence-corrected chi connectivity index (χ0v) is 15.2. The first kappa shape index (κ1) is 17.7. The van der Waals surface area contributed by atoms with Gasteiger partial charge in [0.15, 0.2) is 0 Å². The van der Waals surface area contributed by atoms with Crippen LogP contribution in [-0.2, 0) is 0 Å². The third-order valence-electron chi connectivity index (χ3n) is 5.40. The lowest BCUT2D eigenvalue weighted by Crippen LogP contribution is -2.53. The highest BCUT2D eigenvalue weighted by Gasteiger charge is 2.33. The molecule has 2 fully saturated rings. The van der Waals surface area contributed by atoms with Gasteiger partial charge in [-0.25, -0.2) is 4.79 Å². The van der Waals surface area contributed by atoms with Crippen LogP contribution in [0.5, 0.6) is 0 Å². The average Bonchev–Trinajstić information content (AvgIpc) is 2.88. The number of likely N-dealkylation sites (tertiary alicyclic amines) is 1. The van der Waals surface area contributed by atoms with E-state index in [1.807, 2.05) is 14.7 Å². The van der Waals surface area contributed by atoms with Crippen LogP contribution in [0, 0.1) is 0 Å². The van der Waals surface area contributed by atoms with Gasteiger partial charge in [-0.05, 0) is 51.7 Å². The molecule has 3 amide bonds. The molecule has 1 aromatic heterocycles. The molecule has 0 N–H and O–H groups in total. The number of amides is 3. The zero-order chi connectivity index (χ0) is 17.8. The van der Waals surface area contributed by atoms with Crippen molar-refractivity contribution in [3.63, 3.8) is 0 Å². The molecule has 2 atom stereocenters. The maximum absolute atomic E-state index is 13.0. The summed E-state index contributed by atoms with van der Waals surface area (Å²) in [5.41, 5.74) is 0.660. The van der Waals surface area contributed by atoms with E-state index < -0.39 is 0 Å². The minimum atomic E-state index is 0.0245. The van der Waals surface area contributed by atoms with Gasteiger partial charge in [-0.2, -0.15) is 0 Å². The Morgan fingerprint density at radius 3 is 2.20 bits per heavy atom. The minimum absolute atomic E-state index is 0.0245. The van der Waals surface area contributed by atoms with Crippen molar-refractivity contribution in [2.45, 2.75) is 51.6 Å². The monoisotopic (exact) mass is 344 g/mol. The number of carbonyl (C=O) groups is 2. The predicted molar refractivity (Wildman–Crippen MR) is 96.3 cm³/mol. The smallest absolute Gasteiger partial charge is 0.320 e. The van der Waals surface area contributed by atoms with Crippen LogP contribution in [0.3, 0.4) is 0 Å². The van der Waals surface area contributed by atoms with Gasteiger partial charge in [-0.15, -0.1) is 0 Å². The second kappa shape index (κ2) is 7.85. The zero-order valence-electron chi connectivity index (χ0n) is 15.2. The van der Waals surface area contributed by atoms with Crippen LogP contribution < -0.4 is 0 Å². The van der Waals surface area contributed by atoms with Gasteiger partial charge in [-0.1, -0.05) is 0 Å². The Morgan fingerprint density at radius 1 is 0.920 bits per heavy atom. The molecule has 0 unspecified atom stereocenters. The van der Waals surface area contributed by atoms with E-state index in [1.165, 1.54) is 6.42 Å². The number of hydrogen-bond donors (Lipinski definition) is 0. The minimum Gasteiger partial charge on any atom is -0.337 e. The van der Waals surface area contributed by atoms with E-state index in [-0.39, 0.29) is 11.9 Å². The Labute approximate surface area is 149 Å². The van der Waals surface area contributed by atoms with Crippen LogP contribution in [0.1, 0.15) is 49.9 Å². The van der Waals surface area contributed by atoms with Gasteiger partial charge in [0.1, 0.15) is 0 Å². The van der Waals surface area contributed by atoms with Crippen molar-refractivity contribution in [1.29, 1.82) is 0 Å². The first-order valence-corrected chi connectivity index (χ1v) is 9.34. The Hall–Kier alpha value is -2.11. The van der Waals surface area contributed by atoms with Crippen molar-refractivity contribution in [3.8, 4) is 0 Å². The number of carbonyl (C=O) groups excluding carboxylic acids is 2. The van der Waals surface area contributed by atoms with Crippen molar-refractivity contribution >= 4 is 11.9 Å².